The summed E-state index contributed by atoms with van der Waals surface area (Å²) in [6.45, 7) is 0.320. The van der Waals surface area contributed by atoms with Gasteiger partial charge in [0.25, 0.3) is 11.8 Å². The molecule has 0 unspecified atom stereocenters. The van der Waals surface area contributed by atoms with Gasteiger partial charge in [0.05, 0.1) is 11.6 Å². The molecule has 2 amide bonds. The highest BCUT2D eigenvalue weighted by atomic mass is 19.4. The lowest BCUT2D eigenvalue weighted by Gasteiger charge is -2.38. The molecule has 0 spiro atoms. The van der Waals surface area contributed by atoms with E-state index in [1.165, 1.54) is 29.2 Å². The number of rotatable bonds is 2. The molecule has 0 aliphatic carbocycles. The van der Waals surface area contributed by atoms with E-state index in [4.69, 9.17) is 5.26 Å². The molecule has 1 fully saturated rings. The van der Waals surface area contributed by atoms with E-state index in [0.717, 1.165) is 4.90 Å². The number of nitriles is 1. The molecule has 1 aromatic carbocycles. The Balaban J connectivity index is 2.00. The number of hydrogen-bond acceptors (Lipinski definition) is 4. The number of nitrogens with zero attached hydrogens (tertiary/aromatic N) is 3. The van der Waals surface area contributed by atoms with Crippen molar-refractivity contribution in [3.63, 3.8) is 0 Å². The van der Waals surface area contributed by atoms with Gasteiger partial charge in [-0.25, -0.2) is 0 Å². The van der Waals surface area contributed by atoms with E-state index in [9.17, 15) is 27.9 Å². The number of halogens is 3. The van der Waals surface area contributed by atoms with Gasteiger partial charge in [0, 0.05) is 31.7 Å². The van der Waals surface area contributed by atoms with Gasteiger partial charge in [-0.15, -0.1) is 0 Å². The van der Waals surface area contributed by atoms with Crippen LogP contribution in [0, 0.1) is 11.3 Å². The summed E-state index contributed by atoms with van der Waals surface area (Å²) in [5.74, 6) is -1.76. The molecule has 25 heavy (non-hydrogen) atoms. The predicted molar refractivity (Wildman–Crippen MR) is 80.3 cm³/mol. The van der Waals surface area contributed by atoms with Gasteiger partial charge in [0.2, 0.25) is 5.60 Å². The molecular weight excluding hydrogens is 339 g/mol. The largest absolute Gasteiger partial charge is 0.426 e. The summed E-state index contributed by atoms with van der Waals surface area (Å²) in [5.41, 5.74) is -2.70. The molecule has 1 saturated heterocycles. The molecule has 134 valence electrons. The first-order chi connectivity index (χ1) is 11.6. The van der Waals surface area contributed by atoms with Gasteiger partial charge in [-0.2, -0.15) is 18.4 Å². The Morgan fingerprint density at radius 1 is 1.08 bits per heavy atom. The van der Waals surface area contributed by atoms with Gasteiger partial charge in [-0.3, -0.25) is 9.59 Å². The Labute approximate surface area is 142 Å². The van der Waals surface area contributed by atoms with Crippen molar-refractivity contribution in [2.75, 3.05) is 26.2 Å². The van der Waals surface area contributed by atoms with Crippen molar-refractivity contribution in [1.82, 2.24) is 9.80 Å². The summed E-state index contributed by atoms with van der Waals surface area (Å²) < 4.78 is 38.2. The zero-order valence-electron chi connectivity index (χ0n) is 13.4. The minimum Gasteiger partial charge on any atom is -0.373 e. The van der Waals surface area contributed by atoms with Crippen molar-refractivity contribution in [2.45, 2.75) is 18.7 Å². The van der Waals surface area contributed by atoms with Crippen LogP contribution in [0.15, 0.2) is 24.3 Å². The highest BCUT2D eigenvalue weighted by Crippen LogP contribution is 2.31. The maximum absolute atomic E-state index is 12.7. The van der Waals surface area contributed by atoms with E-state index in [0.29, 0.717) is 18.1 Å². The Morgan fingerprint density at radius 2 is 1.56 bits per heavy atom. The van der Waals surface area contributed by atoms with E-state index < -0.39 is 17.7 Å². The summed E-state index contributed by atoms with van der Waals surface area (Å²) in [4.78, 5) is 26.6. The molecule has 0 saturated carbocycles. The fraction of sp³-hybridized carbons (Fsp3) is 0.438. The van der Waals surface area contributed by atoms with Crippen LogP contribution in [0.1, 0.15) is 22.8 Å². The van der Waals surface area contributed by atoms with Crippen LogP contribution in [0.25, 0.3) is 0 Å². The number of alkyl halides is 3. The molecule has 1 aliphatic heterocycles. The average molecular weight is 355 g/mol. The highest BCUT2D eigenvalue weighted by molar-refractivity contribution is 5.94. The quantitative estimate of drug-likeness (QED) is 0.863. The van der Waals surface area contributed by atoms with E-state index in [1.807, 2.05) is 6.07 Å². The summed E-state index contributed by atoms with van der Waals surface area (Å²) in [7, 11) is 0. The summed E-state index contributed by atoms with van der Waals surface area (Å²) in [6, 6.07) is 7.91. The third kappa shape index (κ3) is 3.74. The predicted octanol–water partition coefficient (Wildman–Crippen LogP) is 1.16. The average Bonchev–Trinajstić information content (AvgIpc) is 2.59. The minimum atomic E-state index is -5.07. The topological polar surface area (TPSA) is 84.6 Å². The van der Waals surface area contributed by atoms with Crippen LogP contribution < -0.4 is 0 Å². The van der Waals surface area contributed by atoms with Crippen LogP contribution in [0.4, 0.5) is 13.2 Å². The Morgan fingerprint density at radius 3 is 2.00 bits per heavy atom. The van der Waals surface area contributed by atoms with Gasteiger partial charge in [-0.05, 0) is 31.2 Å². The number of piperazine rings is 1. The molecular formula is C16H16F3N3O3. The van der Waals surface area contributed by atoms with Gasteiger partial charge in [0.15, 0.2) is 0 Å². The van der Waals surface area contributed by atoms with Crippen LogP contribution in [0.5, 0.6) is 0 Å². The molecule has 1 N–H and O–H groups in total. The maximum Gasteiger partial charge on any atom is 0.426 e. The van der Waals surface area contributed by atoms with Crippen molar-refractivity contribution >= 4 is 11.8 Å². The first-order valence-corrected chi connectivity index (χ1v) is 7.46. The smallest absolute Gasteiger partial charge is 0.373 e. The number of amides is 2. The summed E-state index contributed by atoms with van der Waals surface area (Å²) in [6.07, 6.45) is -5.07. The van der Waals surface area contributed by atoms with Crippen molar-refractivity contribution in [1.29, 1.82) is 5.26 Å². The number of hydrogen-bond donors (Lipinski definition) is 1. The molecule has 0 bridgehead atoms. The molecule has 1 atom stereocenters. The summed E-state index contributed by atoms with van der Waals surface area (Å²) >= 11 is 0. The monoisotopic (exact) mass is 355 g/mol. The first kappa shape index (κ1) is 18.7. The third-order valence-electron chi connectivity index (χ3n) is 4.08. The molecule has 9 heteroatoms. The number of carbonyl (C=O) groups excluding carboxylic acids is 2. The maximum atomic E-state index is 12.7. The molecule has 1 aliphatic rings. The Hall–Kier alpha value is -2.60. The minimum absolute atomic E-state index is 0.0541. The lowest BCUT2D eigenvalue weighted by molar-refractivity contribution is -0.250. The third-order valence-corrected chi connectivity index (χ3v) is 4.08. The second-order valence-electron chi connectivity index (χ2n) is 5.84. The van der Waals surface area contributed by atoms with E-state index in [2.05, 4.69) is 0 Å². The number of aliphatic hydroxyl groups is 1. The number of benzene rings is 1. The molecule has 0 radical (unpaired) electrons. The second-order valence-corrected chi connectivity index (χ2v) is 5.84. The van der Waals surface area contributed by atoms with Gasteiger partial charge in [-0.1, -0.05) is 0 Å². The van der Waals surface area contributed by atoms with Crippen LogP contribution >= 0.6 is 0 Å². The van der Waals surface area contributed by atoms with Crippen LogP contribution in [-0.2, 0) is 4.79 Å². The van der Waals surface area contributed by atoms with E-state index >= 15 is 0 Å². The molecule has 6 nitrogen and oxygen atoms in total. The van der Waals surface area contributed by atoms with Crippen molar-refractivity contribution < 1.29 is 27.9 Å². The van der Waals surface area contributed by atoms with Crippen molar-refractivity contribution in [2.24, 2.45) is 0 Å². The standard InChI is InChI=1S/C16H16F3N3O3/c1-15(25,16(17,18)19)14(24)22-8-6-21(7-9-22)13(23)12-4-2-11(10-20)3-5-12/h2-5,25H,6-9H2,1H3/t15-/m1/s1. The lowest BCUT2D eigenvalue weighted by Crippen LogP contribution is -2.60. The first-order valence-electron chi connectivity index (χ1n) is 7.46. The van der Waals surface area contributed by atoms with Crippen LogP contribution in [0.2, 0.25) is 0 Å². The van der Waals surface area contributed by atoms with Gasteiger partial charge in [0.1, 0.15) is 0 Å². The second kappa shape index (κ2) is 6.72. The van der Waals surface area contributed by atoms with Crippen molar-refractivity contribution in [3.8, 4) is 6.07 Å². The normalized spacial score (nSPS) is 17.6. The zero-order valence-corrected chi connectivity index (χ0v) is 13.4. The highest BCUT2D eigenvalue weighted by Gasteiger charge is 2.57. The summed E-state index contributed by atoms with van der Waals surface area (Å²) in [5, 5.41) is 18.2. The van der Waals surface area contributed by atoms with Crippen LogP contribution in [0.3, 0.4) is 0 Å². The van der Waals surface area contributed by atoms with Crippen LogP contribution in [-0.4, -0.2) is 64.7 Å². The fourth-order valence-corrected chi connectivity index (χ4v) is 2.41. The SMILES string of the molecule is C[C@@](O)(C(=O)N1CCN(C(=O)c2ccc(C#N)cc2)CC1)C(F)(F)F. The molecule has 1 heterocycles. The lowest BCUT2D eigenvalue weighted by atomic mass is 10.0. The van der Waals surface area contributed by atoms with Gasteiger partial charge >= 0.3 is 6.18 Å². The van der Waals surface area contributed by atoms with E-state index in [1.54, 1.807) is 0 Å². The molecule has 0 aromatic heterocycles. The molecule has 2 rings (SSSR count). The molecule has 1 aromatic rings. The van der Waals surface area contributed by atoms with Gasteiger partial charge < -0.3 is 14.9 Å². The van der Waals surface area contributed by atoms with Crippen molar-refractivity contribution in [3.05, 3.63) is 35.4 Å². The van der Waals surface area contributed by atoms with E-state index in [-0.39, 0.29) is 32.1 Å². The fourth-order valence-electron chi connectivity index (χ4n) is 2.41. The Bertz CT molecular complexity index is 700. The number of carbonyl (C=O) groups is 2. The Kier molecular flexibility index (Phi) is 5.04. The zero-order chi connectivity index (χ0) is 18.8.